The third-order valence-corrected chi connectivity index (χ3v) is 5.28. The summed E-state index contributed by atoms with van der Waals surface area (Å²) >= 11 is 5.84. The van der Waals surface area contributed by atoms with Crippen molar-refractivity contribution in [2.75, 3.05) is 31.6 Å². The Kier molecular flexibility index (Phi) is 6.30. The van der Waals surface area contributed by atoms with E-state index in [-0.39, 0.29) is 17.7 Å². The van der Waals surface area contributed by atoms with Crippen LogP contribution in [0.2, 0.25) is 5.02 Å². The maximum Gasteiger partial charge on any atom is 0.317 e. The summed E-state index contributed by atoms with van der Waals surface area (Å²) in [6.07, 6.45) is 3.70. The van der Waals surface area contributed by atoms with Crippen LogP contribution in [-0.4, -0.2) is 51.0 Å². The van der Waals surface area contributed by atoms with E-state index in [0.29, 0.717) is 24.7 Å². The minimum absolute atomic E-state index is 0.0424. The van der Waals surface area contributed by atoms with E-state index in [1.165, 1.54) is 6.26 Å². The lowest BCUT2D eigenvalue weighted by Gasteiger charge is -2.32. The lowest BCUT2D eigenvalue weighted by atomic mass is 10.0. The minimum Gasteiger partial charge on any atom is -0.338 e. The van der Waals surface area contributed by atoms with Crippen LogP contribution >= 0.6 is 11.6 Å². The molecule has 1 aromatic carbocycles. The molecule has 1 aliphatic rings. The number of hydrogen-bond donors (Lipinski definition) is 1. The third kappa shape index (κ3) is 6.39. The van der Waals surface area contributed by atoms with Crippen LogP contribution in [0, 0.1) is 5.92 Å². The van der Waals surface area contributed by atoms with Crippen molar-refractivity contribution in [1.82, 2.24) is 10.2 Å². The first-order valence-electron chi connectivity index (χ1n) is 7.78. The van der Waals surface area contributed by atoms with Crippen molar-refractivity contribution in [2.24, 2.45) is 5.92 Å². The molecule has 1 aromatic rings. The fourth-order valence-corrected chi connectivity index (χ4v) is 4.14. The van der Waals surface area contributed by atoms with Crippen molar-refractivity contribution >= 4 is 27.5 Å². The van der Waals surface area contributed by atoms with Gasteiger partial charge in [-0.05, 0) is 42.9 Å². The second-order valence-corrected chi connectivity index (χ2v) is 8.78. The van der Waals surface area contributed by atoms with E-state index in [0.717, 1.165) is 24.8 Å². The molecule has 7 heteroatoms. The van der Waals surface area contributed by atoms with Crippen molar-refractivity contribution in [3.05, 3.63) is 34.9 Å². The second kappa shape index (κ2) is 8.02. The van der Waals surface area contributed by atoms with E-state index in [4.69, 9.17) is 11.6 Å². The SMILES string of the molecule is CS(=O)(=O)CC1CCCN(C(=O)NCCc2ccc(Cl)cc2)C1. The highest BCUT2D eigenvalue weighted by Gasteiger charge is 2.25. The van der Waals surface area contributed by atoms with E-state index in [1.807, 2.05) is 24.3 Å². The molecular weight excluding hydrogens is 336 g/mol. The first-order chi connectivity index (χ1) is 10.8. The highest BCUT2D eigenvalue weighted by molar-refractivity contribution is 7.90. The number of amides is 2. The van der Waals surface area contributed by atoms with Gasteiger partial charge in [0.25, 0.3) is 0 Å². The monoisotopic (exact) mass is 358 g/mol. The topological polar surface area (TPSA) is 66.5 Å². The molecule has 1 N–H and O–H groups in total. The summed E-state index contributed by atoms with van der Waals surface area (Å²) in [5.41, 5.74) is 1.11. The minimum atomic E-state index is -3.00. The van der Waals surface area contributed by atoms with Gasteiger partial charge in [0.2, 0.25) is 0 Å². The number of hydrogen-bond acceptors (Lipinski definition) is 3. The molecule has 0 spiro atoms. The highest BCUT2D eigenvalue weighted by atomic mass is 35.5. The van der Waals surface area contributed by atoms with E-state index < -0.39 is 9.84 Å². The summed E-state index contributed by atoms with van der Waals surface area (Å²) in [5, 5.41) is 3.60. The van der Waals surface area contributed by atoms with Crippen molar-refractivity contribution in [3.63, 3.8) is 0 Å². The van der Waals surface area contributed by atoms with Crippen LogP contribution in [0.4, 0.5) is 4.79 Å². The maximum absolute atomic E-state index is 12.2. The van der Waals surface area contributed by atoms with Gasteiger partial charge in [0, 0.05) is 30.9 Å². The van der Waals surface area contributed by atoms with Gasteiger partial charge in [0.15, 0.2) is 0 Å². The van der Waals surface area contributed by atoms with Crippen LogP contribution in [0.5, 0.6) is 0 Å². The fraction of sp³-hybridized carbons (Fsp3) is 0.562. The van der Waals surface area contributed by atoms with E-state index >= 15 is 0 Å². The molecule has 1 atom stereocenters. The average molecular weight is 359 g/mol. The number of halogens is 1. The van der Waals surface area contributed by atoms with E-state index in [2.05, 4.69) is 5.32 Å². The molecule has 0 aromatic heterocycles. The molecule has 1 heterocycles. The number of sulfone groups is 1. The predicted molar refractivity (Wildman–Crippen MR) is 92.6 cm³/mol. The number of rotatable bonds is 5. The number of likely N-dealkylation sites (tertiary alicyclic amines) is 1. The van der Waals surface area contributed by atoms with Crippen molar-refractivity contribution in [3.8, 4) is 0 Å². The molecule has 1 aliphatic heterocycles. The van der Waals surface area contributed by atoms with Gasteiger partial charge in [0.1, 0.15) is 9.84 Å². The van der Waals surface area contributed by atoms with Gasteiger partial charge >= 0.3 is 6.03 Å². The third-order valence-electron chi connectivity index (χ3n) is 3.95. The van der Waals surface area contributed by atoms with Crippen LogP contribution in [0.3, 0.4) is 0 Å². The highest BCUT2D eigenvalue weighted by Crippen LogP contribution is 2.18. The largest absolute Gasteiger partial charge is 0.338 e. The molecule has 2 rings (SSSR count). The second-order valence-electron chi connectivity index (χ2n) is 6.16. The lowest BCUT2D eigenvalue weighted by molar-refractivity contribution is 0.170. The van der Waals surface area contributed by atoms with Gasteiger partial charge in [-0.25, -0.2) is 13.2 Å². The molecule has 0 aliphatic carbocycles. The van der Waals surface area contributed by atoms with Crippen LogP contribution in [0.15, 0.2) is 24.3 Å². The van der Waals surface area contributed by atoms with E-state index in [9.17, 15) is 13.2 Å². The maximum atomic E-state index is 12.2. The molecule has 23 heavy (non-hydrogen) atoms. The van der Waals surface area contributed by atoms with Gasteiger partial charge in [-0.2, -0.15) is 0 Å². The summed E-state index contributed by atoms with van der Waals surface area (Å²) in [4.78, 5) is 13.9. The Balaban J connectivity index is 1.77. The molecule has 5 nitrogen and oxygen atoms in total. The number of urea groups is 1. The normalized spacial score (nSPS) is 18.7. The zero-order chi connectivity index (χ0) is 16.9. The Morgan fingerprint density at radius 2 is 2.04 bits per heavy atom. The molecule has 0 radical (unpaired) electrons. The van der Waals surface area contributed by atoms with Crippen LogP contribution < -0.4 is 5.32 Å². The number of carbonyl (C=O) groups excluding carboxylic acids is 1. The Morgan fingerprint density at radius 1 is 1.35 bits per heavy atom. The first kappa shape index (κ1) is 18.1. The van der Waals surface area contributed by atoms with E-state index in [1.54, 1.807) is 4.90 Å². The summed E-state index contributed by atoms with van der Waals surface area (Å²) < 4.78 is 22.8. The Hall–Kier alpha value is -1.27. The van der Waals surface area contributed by atoms with Gasteiger partial charge in [-0.3, -0.25) is 0 Å². The summed E-state index contributed by atoms with van der Waals surface area (Å²) in [6.45, 7) is 1.75. The molecule has 0 saturated carbocycles. The number of nitrogens with zero attached hydrogens (tertiary/aromatic N) is 1. The zero-order valence-electron chi connectivity index (χ0n) is 13.3. The number of carbonyl (C=O) groups is 1. The zero-order valence-corrected chi connectivity index (χ0v) is 14.9. The summed E-state index contributed by atoms with van der Waals surface area (Å²) in [5.74, 6) is 0.197. The molecule has 1 fully saturated rings. The standard InChI is InChI=1S/C16H23ClN2O3S/c1-23(21,22)12-14-3-2-10-19(11-14)16(20)18-9-8-13-4-6-15(17)7-5-13/h4-7,14H,2-3,8-12H2,1H3,(H,18,20). The number of benzene rings is 1. The summed E-state index contributed by atoms with van der Waals surface area (Å²) in [6, 6.07) is 7.44. The van der Waals surface area contributed by atoms with Gasteiger partial charge in [0.05, 0.1) is 5.75 Å². The smallest absolute Gasteiger partial charge is 0.317 e. The van der Waals surface area contributed by atoms with Gasteiger partial charge < -0.3 is 10.2 Å². The molecule has 0 bridgehead atoms. The average Bonchev–Trinajstić information content (AvgIpc) is 2.48. The Bertz CT molecular complexity index is 631. The molecule has 1 unspecified atom stereocenters. The predicted octanol–water partition coefficient (Wildman–Crippen LogP) is 2.35. The quantitative estimate of drug-likeness (QED) is 0.878. The van der Waals surface area contributed by atoms with Crippen molar-refractivity contribution < 1.29 is 13.2 Å². The summed E-state index contributed by atoms with van der Waals surface area (Å²) in [7, 11) is -3.00. The molecular formula is C16H23ClN2O3S. The van der Waals surface area contributed by atoms with Crippen molar-refractivity contribution in [2.45, 2.75) is 19.3 Å². The van der Waals surface area contributed by atoms with Crippen molar-refractivity contribution in [1.29, 1.82) is 0 Å². The molecule has 2 amide bonds. The van der Waals surface area contributed by atoms with Crippen LogP contribution in [0.25, 0.3) is 0 Å². The van der Waals surface area contributed by atoms with Crippen LogP contribution in [0.1, 0.15) is 18.4 Å². The Labute approximate surface area is 142 Å². The van der Waals surface area contributed by atoms with Crippen LogP contribution in [-0.2, 0) is 16.3 Å². The fourth-order valence-electron chi connectivity index (χ4n) is 2.89. The molecule has 1 saturated heterocycles. The Morgan fingerprint density at radius 3 is 2.70 bits per heavy atom. The number of nitrogens with one attached hydrogen (secondary N) is 1. The van der Waals surface area contributed by atoms with Gasteiger partial charge in [-0.15, -0.1) is 0 Å². The first-order valence-corrected chi connectivity index (χ1v) is 10.2. The van der Waals surface area contributed by atoms with Gasteiger partial charge in [-0.1, -0.05) is 23.7 Å². The lowest BCUT2D eigenvalue weighted by Crippen LogP contribution is -2.47. The number of piperidine rings is 1. The molecule has 128 valence electrons.